The second-order valence-electron chi connectivity index (χ2n) is 8.14. The number of pyridine rings is 2. The van der Waals surface area contributed by atoms with E-state index in [1.807, 2.05) is 49.4 Å². The molecule has 0 aliphatic heterocycles. The molecule has 4 rings (SSSR count). The average molecular weight is 468 g/mol. The SMILES string of the molecule is CCCNCCc1ccc(NC(=O)c2cnc(C)c(Nc3nccc(-c4cccnc4)n3)c2)cc1. The molecule has 0 bridgehead atoms. The monoisotopic (exact) mass is 467 g/mol. The fraction of sp³-hybridized carbons (Fsp3) is 0.222. The number of nitrogens with one attached hydrogen (secondary N) is 3. The largest absolute Gasteiger partial charge is 0.323 e. The Kier molecular flexibility index (Phi) is 8.08. The van der Waals surface area contributed by atoms with Gasteiger partial charge in [0, 0.05) is 36.0 Å². The molecule has 0 atom stereocenters. The van der Waals surface area contributed by atoms with Gasteiger partial charge in [-0.1, -0.05) is 19.1 Å². The second kappa shape index (κ2) is 11.8. The molecule has 0 radical (unpaired) electrons. The van der Waals surface area contributed by atoms with Crippen LogP contribution in [-0.2, 0) is 6.42 Å². The summed E-state index contributed by atoms with van der Waals surface area (Å²) in [5, 5.41) is 9.52. The van der Waals surface area contributed by atoms with Crippen LogP contribution >= 0.6 is 0 Å². The van der Waals surface area contributed by atoms with E-state index in [9.17, 15) is 4.79 Å². The maximum Gasteiger partial charge on any atom is 0.257 e. The van der Waals surface area contributed by atoms with Crippen molar-refractivity contribution in [1.29, 1.82) is 0 Å². The van der Waals surface area contributed by atoms with E-state index >= 15 is 0 Å². The molecule has 0 aliphatic rings. The first-order valence-corrected chi connectivity index (χ1v) is 11.7. The molecule has 0 unspecified atom stereocenters. The van der Waals surface area contributed by atoms with E-state index in [2.05, 4.69) is 42.8 Å². The predicted octanol–water partition coefficient (Wildman–Crippen LogP) is 4.78. The van der Waals surface area contributed by atoms with Gasteiger partial charge in [-0.15, -0.1) is 0 Å². The van der Waals surface area contributed by atoms with E-state index in [1.54, 1.807) is 30.9 Å². The smallest absolute Gasteiger partial charge is 0.257 e. The van der Waals surface area contributed by atoms with Gasteiger partial charge in [-0.2, -0.15) is 0 Å². The number of benzene rings is 1. The average Bonchev–Trinajstić information content (AvgIpc) is 2.89. The molecular weight excluding hydrogens is 438 g/mol. The lowest BCUT2D eigenvalue weighted by molar-refractivity contribution is 0.102. The number of hydrogen-bond acceptors (Lipinski definition) is 7. The molecule has 4 aromatic rings. The number of anilines is 3. The molecule has 0 spiro atoms. The van der Waals surface area contributed by atoms with Crippen LogP contribution in [0.1, 0.15) is 35.0 Å². The third-order valence-electron chi connectivity index (χ3n) is 5.44. The van der Waals surface area contributed by atoms with Crippen molar-refractivity contribution in [2.75, 3.05) is 23.7 Å². The number of hydrogen-bond donors (Lipinski definition) is 3. The Balaban J connectivity index is 1.42. The number of rotatable bonds is 10. The van der Waals surface area contributed by atoms with Crippen molar-refractivity contribution >= 4 is 23.2 Å². The molecule has 0 fully saturated rings. The summed E-state index contributed by atoms with van der Waals surface area (Å²) < 4.78 is 0. The maximum atomic E-state index is 12.9. The number of carbonyl (C=O) groups is 1. The lowest BCUT2D eigenvalue weighted by Crippen LogP contribution is -2.17. The van der Waals surface area contributed by atoms with Crippen LogP contribution in [0.5, 0.6) is 0 Å². The van der Waals surface area contributed by atoms with Crippen molar-refractivity contribution in [2.24, 2.45) is 0 Å². The third kappa shape index (κ3) is 6.68. The van der Waals surface area contributed by atoms with Crippen LogP contribution in [0.3, 0.4) is 0 Å². The van der Waals surface area contributed by atoms with Crippen LogP contribution in [0.4, 0.5) is 17.3 Å². The van der Waals surface area contributed by atoms with Crippen molar-refractivity contribution in [2.45, 2.75) is 26.7 Å². The Labute approximate surface area is 205 Å². The van der Waals surface area contributed by atoms with Crippen LogP contribution in [0, 0.1) is 6.92 Å². The minimum absolute atomic E-state index is 0.233. The minimum Gasteiger partial charge on any atom is -0.323 e. The number of aromatic nitrogens is 4. The number of aryl methyl sites for hydroxylation is 1. The topological polar surface area (TPSA) is 105 Å². The summed E-state index contributed by atoms with van der Waals surface area (Å²) in [6.45, 7) is 5.99. The highest BCUT2D eigenvalue weighted by Crippen LogP contribution is 2.21. The maximum absolute atomic E-state index is 12.9. The summed E-state index contributed by atoms with van der Waals surface area (Å²) in [7, 11) is 0. The zero-order chi connectivity index (χ0) is 24.5. The van der Waals surface area contributed by atoms with Gasteiger partial charge in [-0.3, -0.25) is 14.8 Å². The molecule has 178 valence electrons. The van der Waals surface area contributed by atoms with E-state index in [1.165, 1.54) is 5.56 Å². The van der Waals surface area contributed by atoms with Gasteiger partial charge in [0.15, 0.2) is 0 Å². The zero-order valence-corrected chi connectivity index (χ0v) is 20.0. The third-order valence-corrected chi connectivity index (χ3v) is 5.44. The van der Waals surface area contributed by atoms with Crippen molar-refractivity contribution in [3.05, 3.63) is 90.1 Å². The minimum atomic E-state index is -0.233. The van der Waals surface area contributed by atoms with Gasteiger partial charge >= 0.3 is 0 Å². The summed E-state index contributed by atoms with van der Waals surface area (Å²) in [5.41, 5.74) is 5.44. The summed E-state index contributed by atoms with van der Waals surface area (Å²) in [5.74, 6) is 0.181. The van der Waals surface area contributed by atoms with Gasteiger partial charge in [0.05, 0.1) is 22.6 Å². The van der Waals surface area contributed by atoms with Gasteiger partial charge in [0.2, 0.25) is 5.95 Å². The molecule has 1 amide bonds. The van der Waals surface area contributed by atoms with E-state index < -0.39 is 0 Å². The van der Waals surface area contributed by atoms with Crippen molar-refractivity contribution in [3.8, 4) is 11.3 Å². The lowest BCUT2D eigenvalue weighted by Gasteiger charge is -2.11. The molecule has 1 aromatic carbocycles. The number of carbonyl (C=O) groups excluding carboxylic acids is 1. The summed E-state index contributed by atoms with van der Waals surface area (Å²) in [6, 6.07) is 15.3. The van der Waals surface area contributed by atoms with E-state index in [4.69, 9.17) is 0 Å². The summed E-state index contributed by atoms with van der Waals surface area (Å²) >= 11 is 0. The second-order valence-corrected chi connectivity index (χ2v) is 8.14. The number of amides is 1. The van der Waals surface area contributed by atoms with Gasteiger partial charge in [-0.05, 0) is 74.8 Å². The zero-order valence-electron chi connectivity index (χ0n) is 20.0. The Morgan fingerprint density at radius 1 is 0.971 bits per heavy atom. The highest BCUT2D eigenvalue weighted by atomic mass is 16.1. The lowest BCUT2D eigenvalue weighted by atomic mass is 10.1. The van der Waals surface area contributed by atoms with Crippen LogP contribution in [-0.4, -0.2) is 38.9 Å². The summed E-state index contributed by atoms with van der Waals surface area (Å²) in [6.07, 6.45) is 8.79. The Hall–Kier alpha value is -4.17. The molecule has 3 aromatic heterocycles. The van der Waals surface area contributed by atoms with Crippen LogP contribution in [0.15, 0.2) is 73.3 Å². The highest BCUT2D eigenvalue weighted by molar-refractivity contribution is 6.04. The standard InChI is InChI=1S/C27H29N7O/c1-3-12-28-14-10-20-6-8-23(9-7-20)32-26(35)22-16-25(19(2)31-18-22)34-27-30-15-11-24(33-27)21-5-4-13-29-17-21/h4-9,11,13,15-18,28H,3,10,12,14H2,1-2H3,(H,32,35)(H,30,33,34). The molecule has 0 saturated heterocycles. The first-order valence-electron chi connectivity index (χ1n) is 11.7. The normalized spacial score (nSPS) is 10.7. The summed E-state index contributed by atoms with van der Waals surface area (Å²) in [4.78, 5) is 30.3. The highest BCUT2D eigenvalue weighted by Gasteiger charge is 2.11. The van der Waals surface area contributed by atoms with E-state index in [0.717, 1.165) is 48.6 Å². The van der Waals surface area contributed by atoms with Crippen LogP contribution in [0.25, 0.3) is 11.3 Å². The van der Waals surface area contributed by atoms with Crippen LogP contribution in [0.2, 0.25) is 0 Å². The Bertz CT molecular complexity index is 1260. The fourth-order valence-electron chi connectivity index (χ4n) is 3.49. The molecule has 8 heteroatoms. The molecular formula is C27H29N7O. The predicted molar refractivity (Wildman–Crippen MR) is 139 cm³/mol. The van der Waals surface area contributed by atoms with E-state index in [0.29, 0.717) is 17.2 Å². The molecule has 3 N–H and O–H groups in total. The Morgan fingerprint density at radius 3 is 2.60 bits per heavy atom. The van der Waals surface area contributed by atoms with Crippen molar-refractivity contribution in [1.82, 2.24) is 25.3 Å². The Morgan fingerprint density at radius 2 is 1.83 bits per heavy atom. The van der Waals surface area contributed by atoms with Gasteiger partial charge in [0.1, 0.15) is 0 Å². The van der Waals surface area contributed by atoms with Crippen molar-refractivity contribution < 1.29 is 4.79 Å². The van der Waals surface area contributed by atoms with E-state index in [-0.39, 0.29) is 5.91 Å². The molecule has 35 heavy (non-hydrogen) atoms. The van der Waals surface area contributed by atoms with Crippen LogP contribution < -0.4 is 16.0 Å². The van der Waals surface area contributed by atoms with Crippen molar-refractivity contribution in [3.63, 3.8) is 0 Å². The van der Waals surface area contributed by atoms with Gasteiger partial charge < -0.3 is 16.0 Å². The quantitative estimate of drug-likeness (QED) is 0.288. The first-order chi connectivity index (χ1) is 17.1. The first kappa shape index (κ1) is 24.0. The molecule has 8 nitrogen and oxygen atoms in total. The molecule has 3 heterocycles. The molecule has 0 saturated carbocycles. The van der Waals surface area contributed by atoms with Gasteiger partial charge in [0.25, 0.3) is 5.91 Å². The fourth-order valence-corrected chi connectivity index (χ4v) is 3.49. The number of nitrogens with zero attached hydrogens (tertiary/aromatic N) is 4. The molecule has 0 aliphatic carbocycles. The van der Waals surface area contributed by atoms with Gasteiger partial charge in [-0.25, -0.2) is 9.97 Å².